The lowest BCUT2D eigenvalue weighted by atomic mass is 10.2. The second-order valence-electron chi connectivity index (χ2n) is 4.90. The molecule has 6 heteroatoms. The van der Waals surface area contributed by atoms with E-state index in [0.717, 1.165) is 32.8 Å². The van der Waals surface area contributed by atoms with E-state index in [4.69, 9.17) is 4.74 Å². The molecule has 1 saturated heterocycles. The largest absolute Gasteiger partial charge is 0.379 e. The topological polar surface area (TPSA) is 59.4 Å². The number of nitrogens with zero attached hydrogens (tertiary/aromatic N) is 3. The highest BCUT2D eigenvalue weighted by atomic mass is 16.5. The average Bonchev–Trinajstić information content (AvgIpc) is 2.90. The number of morpholine rings is 1. The summed E-state index contributed by atoms with van der Waals surface area (Å²) in [5.41, 5.74) is 0. The van der Waals surface area contributed by atoms with E-state index in [9.17, 15) is 4.79 Å². The highest BCUT2D eigenvalue weighted by Gasteiger charge is 2.15. The summed E-state index contributed by atoms with van der Waals surface area (Å²) in [4.78, 5) is 14.1. The molecule has 19 heavy (non-hydrogen) atoms. The van der Waals surface area contributed by atoms with Gasteiger partial charge in [-0.05, 0) is 13.0 Å². The number of rotatable bonds is 6. The summed E-state index contributed by atoms with van der Waals surface area (Å²) < 4.78 is 7.07. The second kappa shape index (κ2) is 7.25. The Hall–Kier alpha value is -1.40. The molecule has 1 aliphatic rings. The Bertz CT molecular complexity index is 374. The first-order valence-corrected chi connectivity index (χ1v) is 6.81. The van der Waals surface area contributed by atoms with Crippen molar-refractivity contribution in [3.05, 3.63) is 18.5 Å². The van der Waals surface area contributed by atoms with Gasteiger partial charge in [-0.15, -0.1) is 0 Å². The van der Waals surface area contributed by atoms with Gasteiger partial charge in [0.25, 0.3) is 0 Å². The number of aromatic nitrogens is 2. The molecule has 106 valence electrons. The summed E-state index contributed by atoms with van der Waals surface area (Å²) in [5.74, 6) is 0.0799. The highest BCUT2D eigenvalue weighted by Crippen LogP contribution is 1.99. The van der Waals surface area contributed by atoms with Gasteiger partial charge in [0.1, 0.15) is 0 Å². The third-order valence-corrected chi connectivity index (χ3v) is 3.17. The molecular weight excluding hydrogens is 244 g/mol. The number of hydrogen-bond acceptors (Lipinski definition) is 4. The van der Waals surface area contributed by atoms with Crippen molar-refractivity contribution in [1.29, 1.82) is 0 Å². The molecular formula is C13H22N4O2. The first-order valence-electron chi connectivity index (χ1n) is 6.81. The van der Waals surface area contributed by atoms with Crippen LogP contribution in [-0.4, -0.2) is 59.5 Å². The molecule has 1 aromatic heterocycles. The van der Waals surface area contributed by atoms with Gasteiger partial charge in [-0.25, -0.2) is 0 Å². The van der Waals surface area contributed by atoms with Crippen molar-refractivity contribution in [3.8, 4) is 0 Å². The van der Waals surface area contributed by atoms with Gasteiger partial charge < -0.3 is 10.1 Å². The molecule has 0 radical (unpaired) electrons. The zero-order chi connectivity index (χ0) is 13.5. The van der Waals surface area contributed by atoms with Crippen LogP contribution in [0.3, 0.4) is 0 Å². The SMILES string of the molecule is C[C@@H](CN1CCOCC1)NC(=O)CCn1cccn1. The number of nitrogens with one attached hydrogen (secondary N) is 1. The van der Waals surface area contributed by atoms with Gasteiger partial charge in [0.2, 0.25) is 5.91 Å². The second-order valence-corrected chi connectivity index (χ2v) is 4.90. The first kappa shape index (κ1) is 14.0. The van der Waals surface area contributed by atoms with Crippen molar-refractivity contribution in [1.82, 2.24) is 20.0 Å². The molecule has 0 aromatic carbocycles. The minimum Gasteiger partial charge on any atom is -0.379 e. The third kappa shape index (κ3) is 5.00. The summed E-state index contributed by atoms with van der Waals surface area (Å²) in [7, 11) is 0. The minimum absolute atomic E-state index is 0.0799. The van der Waals surface area contributed by atoms with Gasteiger partial charge in [0, 0.05) is 51.0 Å². The highest BCUT2D eigenvalue weighted by molar-refractivity contribution is 5.76. The van der Waals surface area contributed by atoms with Crippen molar-refractivity contribution >= 4 is 5.91 Å². The molecule has 2 rings (SSSR count). The maximum atomic E-state index is 11.8. The van der Waals surface area contributed by atoms with E-state index in [0.29, 0.717) is 13.0 Å². The lowest BCUT2D eigenvalue weighted by molar-refractivity contribution is -0.122. The van der Waals surface area contributed by atoms with Gasteiger partial charge >= 0.3 is 0 Å². The number of carbonyl (C=O) groups is 1. The standard InChI is InChI=1S/C13H22N4O2/c1-12(11-16-7-9-19-10-8-16)15-13(18)3-6-17-5-2-4-14-17/h2,4-5,12H,3,6-11H2,1H3,(H,15,18)/t12-/m0/s1. The van der Waals surface area contributed by atoms with E-state index in [1.165, 1.54) is 0 Å². The fourth-order valence-corrected chi connectivity index (χ4v) is 2.21. The molecule has 1 atom stereocenters. The van der Waals surface area contributed by atoms with Crippen molar-refractivity contribution in [2.45, 2.75) is 25.9 Å². The minimum atomic E-state index is 0.0799. The van der Waals surface area contributed by atoms with E-state index in [1.807, 2.05) is 19.2 Å². The van der Waals surface area contributed by atoms with E-state index >= 15 is 0 Å². The van der Waals surface area contributed by atoms with Crippen LogP contribution in [0.5, 0.6) is 0 Å². The Morgan fingerprint density at radius 2 is 2.26 bits per heavy atom. The Labute approximate surface area is 113 Å². The van der Waals surface area contributed by atoms with Gasteiger partial charge in [-0.1, -0.05) is 0 Å². The molecule has 1 N–H and O–H groups in total. The van der Waals surface area contributed by atoms with Gasteiger partial charge in [-0.2, -0.15) is 5.10 Å². The van der Waals surface area contributed by atoms with Crippen LogP contribution in [0, 0.1) is 0 Å². The summed E-state index contributed by atoms with van der Waals surface area (Å²) in [5, 5.41) is 7.10. The molecule has 0 saturated carbocycles. The van der Waals surface area contributed by atoms with Crippen LogP contribution in [0.2, 0.25) is 0 Å². The molecule has 0 unspecified atom stereocenters. The fourth-order valence-electron chi connectivity index (χ4n) is 2.21. The van der Waals surface area contributed by atoms with Crippen molar-refractivity contribution in [3.63, 3.8) is 0 Å². The average molecular weight is 266 g/mol. The molecule has 1 fully saturated rings. The fraction of sp³-hybridized carbons (Fsp3) is 0.692. The maximum Gasteiger partial charge on any atom is 0.222 e. The number of amides is 1. The number of aryl methyl sites for hydroxylation is 1. The smallest absolute Gasteiger partial charge is 0.222 e. The van der Waals surface area contributed by atoms with Crippen molar-refractivity contribution in [2.24, 2.45) is 0 Å². The van der Waals surface area contributed by atoms with Crippen LogP contribution in [-0.2, 0) is 16.1 Å². The molecule has 1 aromatic rings. The van der Waals surface area contributed by atoms with E-state index in [2.05, 4.69) is 15.3 Å². The van der Waals surface area contributed by atoms with Crippen LogP contribution in [0.15, 0.2) is 18.5 Å². The third-order valence-electron chi connectivity index (χ3n) is 3.17. The summed E-state index contributed by atoms with van der Waals surface area (Å²) >= 11 is 0. The Balaban J connectivity index is 1.63. The quantitative estimate of drug-likeness (QED) is 0.794. The van der Waals surface area contributed by atoms with Crippen LogP contribution in [0.4, 0.5) is 0 Å². The Morgan fingerprint density at radius 3 is 2.95 bits per heavy atom. The van der Waals surface area contributed by atoms with Gasteiger partial charge in [-0.3, -0.25) is 14.4 Å². The van der Waals surface area contributed by atoms with Crippen LogP contribution < -0.4 is 5.32 Å². The lowest BCUT2D eigenvalue weighted by Crippen LogP contribution is -2.46. The van der Waals surface area contributed by atoms with E-state index in [1.54, 1.807) is 10.9 Å². The first-order chi connectivity index (χ1) is 9.24. The number of hydrogen-bond donors (Lipinski definition) is 1. The van der Waals surface area contributed by atoms with E-state index < -0.39 is 0 Å². The summed E-state index contributed by atoms with van der Waals surface area (Å²) in [6.07, 6.45) is 4.05. The Kier molecular flexibility index (Phi) is 5.35. The van der Waals surface area contributed by atoms with E-state index in [-0.39, 0.29) is 11.9 Å². The molecule has 0 spiro atoms. The zero-order valence-electron chi connectivity index (χ0n) is 11.4. The summed E-state index contributed by atoms with van der Waals surface area (Å²) in [6.45, 7) is 7.04. The number of ether oxygens (including phenoxy) is 1. The monoisotopic (exact) mass is 266 g/mol. The molecule has 0 aliphatic carbocycles. The zero-order valence-corrected chi connectivity index (χ0v) is 11.4. The lowest BCUT2D eigenvalue weighted by Gasteiger charge is -2.29. The maximum absolute atomic E-state index is 11.8. The summed E-state index contributed by atoms with van der Waals surface area (Å²) in [6, 6.07) is 2.03. The Morgan fingerprint density at radius 1 is 1.47 bits per heavy atom. The number of carbonyl (C=O) groups excluding carboxylic acids is 1. The molecule has 1 amide bonds. The predicted octanol–water partition coefficient (Wildman–Crippen LogP) is 0.110. The molecule has 0 bridgehead atoms. The van der Waals surface area contributed by atoms with Crippen LogP contribution >= 0.6 is 0 Å². The molecule has 6 nitrogen and oxygen atoms in total. The van der Waals surface area contributed by atoms with Gasteiger partial charge in [0.05, 0.1) is 13.2 Å². The van der Waals surface area contributed by atoms with Crippen LogP contribution in [0.25, 0.3) is 0 Å². The molecule has 1 aliphatic heterocycles. The molecule has 2 heterocycles. The normalized spacial score (nSPS) is 18.2. The van der Waals surface area contributed by atoms with Gasteiger partial charge in [0.15, 0.2) is 0 Å². The predicted molar refractivity (Wildman–Crippen MR) is 71.7 cm³/mol. The van der Waals surface area contributed by atoms with Crippen molar-refractivity contribution < 1.29 is 9.53 Å². The van der Waals surface area contributed by atoms with Crippen LogP contribution in [0.1, 0.15) is 13.3 Å². The van der Waals surface area contributed by atoms with Crippen molar-refractivity contribution in [2.75, 3.05) is 32.8 Å².